The fourth-order valence-corrected chi connectivity index (χ4v) is 2.67. The van der Waals surface area contributed by atoms with Crippen LogP contribution in [-0.4, -0.2) is 41.1 Å². The van der Waals surface area contributed by atoms with Gasteiger partial charge in [-0.15, -0.1) is 0 Å². The highest BCUT2D eigenvalue weighted by molar-refractivity contribution is 5.77. The molecule has 1 aliphatic carbocycles. The average molecular weight is 227 g/mol. The van der Waals surface area contributed by atoms with Crippen LogP contribution in [0, 0.1) is 5.41 Å². The Labute approximate surface area is 98.3 Å². The third kappa shape index (κ3) is 3.46. The zero-order valence-electron chi connectivity index (χ0n) is 10.4. The van der Waals surface area contributed by atoms with E-state index in [1.54, 1.807) is 0 Å². The summed E-state index contributed by atoms with van der Waals surface area (Å²) in [5.74, 6) is 0.240. The Hall–Kier alpha value is -0.610. The average Bonchev–Trinajstić information content (AvgIpc) is 2.25. The maximum atomic E-state index is 9.99. The highest BCUT2D eigenvalue weighted by Gasteiger charge is 2.30. The zero-order chi connectivity index (χ0) is 12.1. The van der Waals surface area contributed by atoms with E-state index >= 15 is 0 Å². The van der Waals surface area contributed by atoms with E-state index in [0.29, 0.717) is 6.42 Å². The molecule has 0 radical (unpaired) electrons. The van der Waals surface area contributed by atoms with Gasteiger partial charge < -0.3 is 10.8 Å². The Bertz CT molecular complexity index is 232. The van der Waals surface area contributed by atoms with E-state index in [2.05, 4.69) is 18.9 Å². The fraction of sp³-hybridized carbons (Fsp3) is 0.917. The molecule has 94 valence electrons. The van der Waals surface area contributed by atoms with Gasteiger partial charge in [0.25, 0.3) is 0 Å². The van der Waals surface area contributed by atoms with E-state index in [1.165, 1.54) is 6.42 Å². The Balaban J connectivity index is 2.58. The third-order valence-electron chi connectivity index (χ3n) is 3.72. The molecule has 4 N–H and O–H groups in total. The van der Waals surface area contributed by atoms with E-state index in [9.17, 15) is 5.11 Å². The van der Waals surface area contributed by atoms with Crippen molar-refractivity contribution >= 4 is 5.84 Å². The first kappa shape index (κ1) is 13.5. The van der Waals surface area contributed by atoms with Gasteiger partial charge in [-0.25, -0.2) is 0 Å². The largest absolute Gasteiger partial charge is 0.391 e. The molecule has 0 aromatic carbocycles. The molecular formula is C12H25N3O. The van der Waals surface area contributed by atoms with Crippen LogP contribution in [0.3, 0.4) is 0 Å². The van der Waals surface area contributed by atoms with Crippen molar-refractivity contribution in [1.29, 1.82) is 5.41 Å². The number of nitrogens with zero attached hydrogens (tertiary/aromatic N) is 1. The second kappa shape index (κ2) is 6.21. The van der Waals surface area contributed by atoms with Crippen molar-refractivity contribution in [2.75, 3.05) is 7.05 Å². The molecule has 0 amide bonds. The lowest BCUT2D eigenvalue weighted by atomic mass is 9.90. The molecule has 1 fully saturated rings. The minimum Gasteiger partial charge on any atom is -0.391 e. The van der Waals surface area contributed by atoms with Crippen molar-refractivity contribution in [1.82, 2.24) is 4.90 Å². The van der Waals surface area contributed by atoms with Crippen LogP contribution in [0.2, 0.25) is 0 Å². The molecule has 1 aliphatic rings. The summed E-state index contributed by atoms with van der Waals surface area (Å²) >= 11 is 0. The van der Waals surface area contributed by atoms with Crippen molar-refractivity contribution in [3.63, 3.8) is 0 Å². The second-order valence-electron chi connectivity index (χ2n) is 4.88. The summed E-state index contributed by atoms with van der Waals surface area (Å²) in [5, 5.41) is 17.4. The summed E-state index contributed by atoms with van der Waals surface area (Å²) in [6.45, 7) is 2.11. The van der Waals surface area contributed by atoms with Gasteiger partial charge >= 0.3 is 0 Å². The van der Waals surface area contributed by atoms with Crippen molar-refractivity contribution in [3.8, 4) is 0 Å². The third-order valence-corrected chi connectivity index (χ3v) is 3.72. The molecule has 0 aliphatic heterocycles. The Morgan fingerprint density at radius 2 is 2.12 bits per heavy atom. The van der Waals surface area contributed by atoms with Crippen molar-refractivity contribution < 1.29 is 5.11 Å². The van der Waals surface area contributed by atoms with Crippen LogP contribution in [0.15, 0.2) is 0 Å². The number of amidine groups is 1. The summed E-state index contributed by atoms with van der Waals surface area (Å²) in [4.78, 5) is 2.23. The van der Waals surface area contributed by atoms with Gasteiger partial charge in [0.15, 0.2) is 0 Å². The van der Waals surface area contributed by atoms with Gasteiger partial charge in [-0.05, 0) is 26.3 Å². The standard InChI is InChI=1S/C12H25N3O/c1-3-9(8-12(13)14)15(2)10-6-4-5-7-11(10)16/h9-11,16H,3-8H2,1-2H3,(H3,13,14). The quantitative estimate of drug-likeness (QED) is 0.490. The molecule has 0 aromatic heterocycles. The molecule has 3 unspecified atom stereocenters. The van der Waals surface area contributed by atoms with Crippen LogP contribution in [0.4, 0.5) is 0 Å². The Morgan fingerprint density at radius 3 is 2.62 bits per heavy atom. The number of aliphatic hydroxyl groups excluding tert-OH is 1. The first-order valence-electron chi connectivity index (χ1n) is 6.29. The lowest BCUT2D eigenvalue weighted by molar-refractivity contribution is 0.0130. The number of likely N-dealkylation sites (N-methyl/N-ethyl adjacent to an activating group) is 1. The SMILES string of the molecule is CCC(CC(=N)N)N(C)C1CCCCC1O. The van der Waals surface area contributed by atoms with Gasteiger partial charge in [0.2, 0.25) is 0 Å². The number of nitrogens with one attached hydrogen (secondary N) is 1. The van der Waals surface area contributed by atoms with Crippen LogP contribution in [0.5, 0.6) is 0 Å². The molecule has 0 bridgehead atoms. The minimum atomic E-state index is -0.209. The predicted molar refractivity (Wildman–Crippen MR) is 66.6 cm³/mol. The molecule has 16 heavy (non-hydrogen) atoms. The first-order chi connectivity index (χ1) is 7.56. The summed E-state index contributed by atoms with van der Waals surface area (Å²) in [6.07, 6.45) is 5.67. The first-order valence-corrected chi connectivity index (χ1v) is 6.29. The molecule has 3 atom stereocenters. The number of aliphatic hydroxyl groups is 1. The highest BCUT2D eigenvalue weighted by atomic mass is 16.3. The lowest BCUT2D eigenvalue weighted by Gasteiger charge is -2.39. The monoisotopic (exact) mass is 227 g/mol. The molecule has 4 heteroatoms. The van der Waals surface area contributed by atoms with Crippen molar-refractivity contribution in [2.45, 2.75) is 63.6 Å². The fourth-order valence-electron chi connectivity index (χ4n) is 2.67. The molecular weight excluding hydrogens is 202 g/mol. The van der Waals surface area contributed by atoms with Gasteiger partial charge in [0.1, 0.15) is 0 Å². The Morgan fingerprint density at radius 1 is 1.50 bits per heavy atom. The van der Waals surface area contributed by atoms with Crippen LogP contribution in [-0.2, 0) is 0 Å². The highest BCUT2D eigenvalue weighted by Crippen LogP contribution is 2.25. The van der Waals surface area contributed by atoms with E-state index in [1.807, 2.05) is 0 Å². The summed E-state index contributed by atoms with van der Waals surface area (Å²) in [6, 6.07) is 0.535. The normalized spacial score (nSPS) is 28.0. The molecule has 0 aromatic rings. The zero-order valence-corrected chi connectivity index (χ0v) is 10.4. The van der Waals surface area contributed by atoms with E-state index < -0.39 is 0 Å². The van der Waals surface area contributed by atoms with E-state index in [-0.39, 0.29) is 24.0 Å². The minimum absolute atomic E-state index is 0.209. The van der Waals surface area contributed by atoms with Crippen LogP contribution < -0.4 is 5.73 Å². The Kier molecular flexibility index (Phi) is 5.22. The van der Waals surface area contributed by atoms with E-state index in [4.69, 9.17) is 11.1 Å². The van der Waals surface area contributed by atoms with Crippen LogP contribution in [0.25, 0.3) is 0 Å². The van der Waals surface area contributed by atoms with Crippen molar-refractivity contribution in [3.05, 3.63) is 0 Å². The van der Waals surface area contributed by atoms with Gasteiger partial charge in [-0.1, -0.05) is 19.8 Å². The van der Waals surface area contributed by atoms with Gasteiger partial charge in [-0.3, -0.25) is 10.3 Å². The van der Waals surface area contributed by atoms with Gasteiger partial charge in [0.05, 0.1) is 11.9 Å². The molecule has 0 spiro atoms. The lowest BCUT2D eigenvalue weighted by Crippen LogP contribution is -2.49. The van der Waals surface area contributed by atoms with Gasteiger partial charge in [0, 0.05) is 18.5 Å². The summed E-state index contributed by atoms with van der Waals surface area (Å²) in [7, 11) is 2.05. The topological polar surface area (TPSA) is 73.3 Å². The number of hydrogen-bond donors (Lipinski definition) is 3. The second-order valence-corrected chi connectivity index (χ2v) is 4.88. The summed E-state index contributed by atoms with van der Waals surface area (Å²) in [5.41, 5.74) is 5.47. The molecule has 4 nitrogen and oxygen atoms in total. The molecule has 1 rings (SSSR count). The van der Waals surface area contributed by atoms with Gasteiger partial charge in [-0.2, -0.15) is 0 Å². The number of rotatable bonds is 5. The molecule has 1 saturated carbocycles. The number of hydrogen-bond acceptors (Lipinski definition) is 3. The smallest absolute Gasteiger partial charge is 0.0921 e. The molecule has 0 saturated heterocycles. The van der Waals surface area contributed by atoms with Crippen LogP contribution in [0.1, 0.15) is 45.4 Å². The van der Waals surface area contributed by atoms with Crippen LogP contribution >= 0.6 is 0 Å². The predicted octanol–water partition coefficient (Wildman–Crippen LogP) is 1.33. The maximum absolute atomic E-state index is 9.99. The van der Waals surface area contributed by atoms with E-state index in [0.717, 1.165) is 25.7 Å². The summed E-state index contributed by atoms with van der Waals surface area (Å²) < 4.78 is 0. The maximum Gasteiger partial charge on any atom is 0.0921 e. The molecule has 0 heterocycles. The van der Waals surface area contributed by atoms with Crippen molar-refractivity contribution in [2.24, 2.45) is 5.73 Å². The number of nitrogens with two attached hydrogens (primary N) is 1.